The topological polar surface area (TPSA) is 51.0 Å². The van der Waals surface area contributed by atoms with Gasteiger partial charge in [-0.1, -0.05) is 42.5 Å². The Hall–Kier alpha value is -2.69. The predicted molar refractivity (Wildman–Crippen MR) is 92.3 cm³/mol. The number of fused-ring (bicyclic) bond motifs is 1. The Balaban J connectivity index is 1.56. The molecule has 0 bridgehead atoms. The summed E-state index contributed by atoms with van der Waals surface area (Å²) in [6.45, 7) is 1.42. The Morgan fingerprint density at radius 1 is 1.17 bits per heavy atom. The molecule has 122 valence electrons. The molecule has 5 heteroatoms. The van der Waals surface area contributed by atoms with E-state index in [1.807, 2.05) is 4.90 Å². The van der Waals surface area contributed by atoms with E-state index in [1.165, 1.54) is 22.7 Å². The van der Waals surface area contributed by atoms with Crippen molar-refractivity contribution in [3.8, 4) is 0 Å². The summed E-state index contributed by atoms with van der Waals surface area (Å²) in [7, 11) is 0. The number of carbonyl (C=O) groups excluding carboxylic acids is 1. The van der Waals surface area contributed by atoms with E-state index in [9.17, 15) is 4.79 Å². The SMILES string of the molecule is O=C(CCn1cncn1)N1CCC[C@@H]1c1cccc2ccccc12. The molecule has 5 nitrogen and oxygen atoms in total. The molecule has 0 aliphatic carbocycles. The van der Waals surface area contributed by atoms with Gasteiger partial charge in [-0.25, -0.2) is 4.98 Å². The van der Waals surface area contributed by atoms with E-state index in [-0.39, 0.29) is 11.9 Å². The average molecular weight is 320 g/mol. The molecule has 24 heavy (non-hydrogen) atoms. The van der Waals surface area contributed by atoms with Crippen molar-refractivity contribution >= 4 is 16.7 Å². The third kappa shape index (κ3) is 2.77. The third-order valence-corrected chi connectivity index (χ3v) is 4.78. The van der Waals surface area contributed by atoms with Crippen LogP contribution < -0.4 is 0 Å². The van der Waals surface area contributed by atoms with Crippen LogP contribution in [0.15, 0.2) is 55.1 Å². The molecule has 2 heterocycles. The molecule has 0 radical (unpaired) electrons. The van der Waals surface area contributed by atoms with Crippen molar-refractivity contribution in [1.29, 1.82) is 0 Å². The van der Waals surface area contributed by atoms with Gasteiger partial charge in [-0.05, 0) is 29.2 Å². The molecular formula is C19H20N4O. The van der Waals surface area contributed by atoms with Crippen molar-refractivity contribution in [1.82, 2.24) is 19.7 Å². The second-order valence-corrected chi connectivity index (χ2v) is 6.22. The lowest BCUT2D eigenvalue weighted by Gasteiger charge is -2.26. The molecule has 1 saturated heterocycles. The summed E-state index contributed by atoms with van der Waals surface area (Å²) < 4.78 is 1.71. The summed E-state index contributed by atoms with van der Waals surface area (Å²) in [6.07, 6.45) is 5.70. The molecule has 3 aromatic rings. The third-order valence-electron chi connectivity index (χ3n) is 4.78. The average Bonchev–Trinajstić information content (AvgIpc) is 3.31. The maximum atomic E-state index is 12.7. The lowest BCUT2D eigenvalue weighted by Crippen LogP contribution is -2.31. The number of rotatable bonds is 4. The van der Waals surface area contributed by atoms with E-state index in [4.69, 9.17) is 0 Å². The first kappa shape index (κ1) is 14.9. The second kappa shape index (κ2) is 6.43. The van der Waals surface area contributed by atoms with Gasteiger partial charge in [0.25, 0.3) is 0 Å². The van der Waals surface area contributed by atoms with Crippen LogP contribution in [0.2, 0.25) is 0 Å². The summed E-state index contributed by atoms with van der Waals surface area (Å²) >= 11 is 0. The largest absolute Gasteiger partial charge is 0.336 e. The van der Waals surface area contributed by atoms with Crippen LogP contribution in [0.25, 0.3) is 10.8 Å². The predicted octanol–water partition coefficient (Wildman–Crippen LogP) is 3.19. The van der Waals surface area contributed by atoms with Crippen LogP contribution in [0.1, 0.15) is 30.9 Å². The maximum Gasteiger partial charge on any atom is 0.224 e. The highest BCUT2D eigenvalue weighted by Gasteiger charge is 2.30. The van der Waals surface area contributed by atoms with Crippen molar-refractivity contribution in [2.75, 3.05) is 6.54 Å². The molecule has 2 aromatic carbocycles. The first-order valence-electron chi connectivity index (χ1n) is 8.42. The molecule has 1 aromatic heterocycles. The van der Waals surface area contributed by atoms with E-state index in [2.05, 4.69) is 52.5 Å². The summed E-state index contributed by atoms with van der Waals surface area (Å²) in [5.41, 5.74) is 1.26. The van der Waals surface area contributed by atoms with E-state index >= 15 is 0 Å². The van der Waals surface area contributed by atoms with Crippen LogP contribution in [-0.2, 0) is 11.3 Å². The van der Waals surface area contributed by atoms with Crippen LogP contribution in [0, 0.1) is 0 Å². The van der Waals surface area contributed by atoms with Crippen molar-refractivity contribution < 1.29 is 4.79 Å². The molecule has 1 aliphatic rings. The monoisotopic (exact) mass is 320 g/mol. The molecule has 1 aliphatic heterocycles. The number of likely N-dealkylation sites (tertiary alicyclic amines) is 1. The van der Waals surface area contributed by atoms with Crippen LogP contribution >= 0.6 is 0 Å². The number of hydrogen-bond acceptors (Lipinski definition) is 3. The molecule has 0 N–H and O–H groups in total. The standard InChI is InChI=1S/C19H20N4O/c24-19(10-12-22-14-20-13-21-22)23-11-4-9-18(23)17-8-3-6-15-5-1-2-7-16(15)17/h1-3,5-8,13-14,18H,4,9-12H2/t18-/m1/s1. The van der Waals surface area contributed by atoms with Crippen LogP contribution in [0.4, 0.5) is 0 Å². The Morgan fingerprint density at radius 2 is 2.04 bits per heavy atom. The Bertz CT molecular complexity index is 838. The van der Waals surface area contributed by atoms with E-state index < -0.39 is 0 Å². The highest BCUT2D eigenvalue weighted by atomic mass is 16.2. The lowest BCUT2D eigenvalue weighted by molar-refractivity contribution is -0.132. The van der Waals surface area contributed by atoms with E-state index in [0.29, 0.717) is 13.0 Å². The zero-order valence-electron chi connectivity index (χ0n) is 13.5. The van der Waals surface area contributed by atoms with Crippen LogP contribution in [0.3, 0.4) is 0 Å². The minimum absolute atomic E-state index is 0.180. The number of aromatic nitrogens is 3. The van der Waals surface area contributed by atoms with Gasteiger partial charge in [-0.3, -0.25) is 9.48 Å². The number of amides is 1. The number of nitrogens with zero attached hydrogens (tertiary/aromatic N) is 4. The van der Waals surface area contributed by atoms with Crippen molar-refractivity contribution in [2.24, 2.45) is 0 Å². The molecule has 4 rings (SSSR count). The molecule has 0 saturated carbocycles. The lowest BCUT2D eigenvalue weighted by atomic mass is 9.97. The first-order chi connectivity index (χ1) is 11.8. The second-order valence-electron chi connectivity index (χ2n) is 6.22. The highest BCUT2D eigenvalue weighted by molar-refractivity contribution is 5.87. The zero-order chi connectivity index (χ0) is 16.4. The molecule has 1 atom stereocenters. The fourth-order valence-electron chi connectivity index (χ4n) is 3.63. The number of carbonyl (C=O) groups is 1. The fourth-order valence-corrected chi connectivity index (χ4v) is 3.63. The van der Waals surface area contributed by atoms with Crippen LogP contribution in [-0.4, -0.2) is 32.1 Å². The Kier molecular flexibility index (Phi) is 3.99. The van der Waals surface area contributed by atoms with Crippen LogP contribution in [0.5, 0.6) is 0 Å². The van der Waals surface area contributed by atoms with Crippen molar-refractivity contribution in [3.63, 3.8) is 0 Å². The van der Waals surface area contributed by atoms with Gasteiger partial charge in [0, 0.05) is 13.0 Å². The van der Waals surface area contributed by atoms with Gasteiger partial charge in [0.2, 0.25) is 5.91 Å². The van der Waals surface area contributed by atoms with Gasteiger partial charge in [-0.15, -0.1) is 0 Å². The minimum atomic E-state index is 0.180. The van der Waals surface area contributed by atoms with Crippen molar-refractivity contribution in [3.05, 3.63) is 60.7 Å². The molecule has 1 amide bonds. The zero-order valence-corrected chi connectivity index (χ0v) is 13.5. The summed E-state index contributed by atoms with van der Waals surface area (Å²) in [5, 5.41) is 6.55. The van der Waals surface area contributed by atoms with Gasteiger partial charge >= 0.3 is 0 Å². The molecular weight excluding hydrogens is 300 g/mol. The highest BCUT2D eigenvalue weighted by Crippen LogP contribution is 2.36. The van der Waals surface area contributed by atoms with Crippen molar-refractivity contribution in [2.45, 2.75) is 31.8 Å². The van der Waals surface area contributed by atoms with Gasteiger partial charge in [-0.2, -0.15) is 5.10 Å². The molecule has 0 unspecified atom stereocenters. The smallest absolute Gasteiger partial charge is 0.224 e. The van der Waals surface area contributed by atoms with Gasteiger partial charge in [0.05, 0.1) is 12.6 Å². The normalized spacial score (nSPS) is 17.5. The van der Waals surface area contributed by atoms with Gasteiger partial charge < -0.3 is 4.90 Å². The first-order valence-corrected chi connectivity index (χ1v) is 8.42. The minimum Gasteiger partial charge on any atom is -0.336 e. The number of benzene rings is 2. The van der Waals surface area contributed by atoms with Gasteiger partial charge in [0.15, 0.2) is 0 Å². The van der Waals surface area contributed by atoms with Gasteiger partial charge in [0.1, 0.15) is 12.7 Å². The molecule has 1 fully saturated rings. The summed E-state index contributed by atoms with van der Waals surface area (Å²) in [6, 6.07) is 15.0. The van der Waals surface area contributed by atoms with E-state index in [1.54, 1.807) is 11.0 Å². The number of hydrogen-bond donors (Lipinski definition) is 0. The fraction of sp³-hybridized carbons (Fsp3) is 0.316. The quantitative estimate of drug-likeness (QED) is 0.742. The maximum absolute atomic E-state index is 12.7. The Labute approximate surface area is 140 Å². The molecule has 0 spiro atoms. The Morgan fingerprint density at radius 3 is 2.92 bits per heavy atom. The number of aryl methyl sites for hydroxylation is 1. The summed E-state index contributed by atoms with van der Waals surface area (Å²) in [4.78, 5) is 18.7. The van der Waals surface area contributed by atoms with E-state index in [0.717, 1.165) is 19.4 Å². The summed E-state index contributed by atoms with van der Waals surface area (Å²) in [5.74, 6) is 0.195.